The normalized spacial score (nSPS) is 20.1. The first-order chi connectivity index (χ1) is 8.79. The Labute approximate surface area is 108 Å². The fraction of sp³-hybridized carbons (Fsp3) is 0.562. The maximum atomic E-state index is 11.9. The van der Waals surface area contributed by atoms with Crippen LogP contribution in [0, 0.1) is 5.92 Å². The second-order valence-corrected chi connectivity index (χ2v) is 5.57. The number of hydrogen-bond acceptors (Lipinski definition) is 2. The SMILES string of the molecule is COC(=O)C(c1ccc2c(c1)CCCC2)C1CC1. The van der Waals surface area contributed by atoms with Crippen molar-refractivity contribution in [1.29, 1.82) is 0 Å². The van der Waals surface area contributed by atoms with E-state index < -0.39 is 0 Å². The van der Waals surface area contributed by atoms with Crippen LogP contribution >= 0.6 is 0 Å². The molecule has 0 saturated heterocycles. The molecule has 2 nitrogen and oxygen atoms in total. The minimum absolute atomic E-state index is 0.0257. The van der Waals surface area contributed by atoms with E-state index in [1.165, 1.54) is 49.5 Å². The third-order valence-corrected chi connectivity index (χ3v) is 4.28. The van der Waals surface area contributed by atoms with Gasteiger partial charge in [-0.25, -0.2) is 0 Å². The Hall–Kier alpha value is -1.31. The molecule has 0 heterocycles. The highest BCUT2D eigenvalue weighted by atomic mass is 16.5. The molecule has 0 N–H and O–H groups in total. The molecule has 1 unspecified atom stereocenters. The summed E-state index contributed by atoms with van der Waals surface area (Å²) < 4.78 is 4.97. The molecule has 0 radical (unpaired) electrons. The van der Waals surface area contributed by atoms with E-state index in [4.69, 9.17) is 4.74 Å². The molecular formula is C16H20O2. The van der Waals surface area contributed by atoms with Gasteiger partial charge in [0.05, 0.1) is 13.0 Å². The highest BCUT2D eigenvalue weighted by Crippen LogP contribution is 2.43. The maximum absolute atomic E-state index is 11.9. The van der Waals surface area contributed by atoms with Crippen LogP contribution < -0.4 is 0 Å². The largest absolute Gasteiger partial charge is 0.469 e. The number of ether oxygens (including phenoxy) is 1. The van der Waals surface area contributed by atoms with Crippen LogP contribution in [0.25, 0.3) is 0 Å². The molecule has 1 aromatic carbocycles. The van der Waals surface area contributed by atoms with Gasteiger partial charge in [0.25, 0.3) is 0 Å². The molecule has 1 saturated carbocycles. The van der Waals surface area contributed by atoms with Crippen molar-refractivity contribution in [1.82, 2.24) is 0 Å². The summed E-state index contributed by atoms with van der Waals surface area (Å²) in [7, 11) is 1.50. The number of rotatable bonds is 3. The Morgan fingerprint density at radius 1 is 1.22 bits per heavy atom. The first-order valence-electron chi connectivity index (χ1n) is 6.99. The fourth-order valence-corrected chi connectivity index (χ4v) is 3.10. The lowest BCUT2D eigenvalue weighted by Gasteiger charge is -2.20. The molecule has 2 aliphatic carbocycles. The van der Waals surface area contributed by atoms with E-state index in [9.17, 15) is 4.79 Å². The number of methoxy groups -OCH3 is 1. The molecule has 96 valence electrons. The molecule has 3 rings (SSSR count). The lowest BCUT2D eigenvalue weighted by molar-refractivity contribution is -0.143. The summed E-state index contributed by atoms with van der Waals surface area (Å²) in [4.78, 5) is 11.9. The predicted octanol–water partition coefficient (Wildman–Crippen LogP) is 3.23. The second kappa shape index (κ2) is 4.75. The summed E-state index contributed by atoms with van der Waals surface area (Å²) in [6.45, 7) is 0. The summed E-state index contributed by atoms with van der Waals surface area (Å²) >= 11 is 0. The maximum Gasteiger partial charge on any atom is 0.313 e. The Morgan fingerprint density at radius 3 is 2.61 bits per heavy atom. The van der Waals surface area contributed by atoms with E-state index in [0.717, 1.165) is 12.8 Å². The number of fused-ring (bicyclic) bond motifs is 1. The van der Waals surface area contributed by atoms with Gasteiger partial charge in [0.1, 0.15) is 0 Å². The van der Waals surface area contributed by atoms with Crippen molar-refractivity contribution >= 4 is 5.97 Å². The summed E-state index contributed by atoms with van der Waals surface area (Å²) in [6.07, 6.45) is 7.27. The van der Waals surface area contributed by atoms with Crippen LogP contribution in [0.2, 0.25) is 0 Å². The topological polar surface area (TPSA) is 26.3 Å². The quantitative estimate of drug-likeness (QED) is 0.763. The molecular weight excluding hydrogens is 224 g/mol. The molecule has 0 aromatic heterocycles. The van der Waals surface area contributed by atoms with Gasteiger partial charge in [0.15, 0.2) is 0 Å². The zero-order valence-corrected chi connectivity index (χ0v) is 10.9. The summed E-state index contributed by atoms with van der Waals surface area (Å²) in [5.41, 5.74) is 4.10. The Kier molecular flexibility index (Phi) is 3.11. The van der Waals surface area contributed by atoms with Crippen molar-refractivity contribution in [2.24, 2.45) is 5.92 Å². The predicted molar refractivity (Wildman–Crippen MR) is 70.6 cm³/mol. The van der Waals surface area contributed by atoms with Crippen molar-refractivity contribution < 1.29 is 9.53 Å². The van der Waals surface area contributed by atoms with Crippen molar-refractivity contribution in [3.05, 3.63) is 34.9 Å². The molecule has 0 spiro atoms. The Bertz CT molecular complexity index is 460. The highest BCUT2D eigenvalue weighted by molar-refractivity contribution is 5.79. The number of esters is 1. The number of carbonyl (C=O) groups excluding carboxylic acids is 1. The van der Waals surface area contributed by atoms with Gasteiger partial charge in [0, 0.05) is 0 Å². The molecule has 0 amide bonds. The van der Waals surface area contributed by atoms with E-state index in [1.54, 1.807) is 0 Å². The van der Waals surface area contributed by atoms with Crippen LogP contribution in [-0.4, -0.2) is 13.1 Å². The fourth-order valence-electron chi connectivity index (χ4n) is 3.10. The van der Waals surface area contributed by atoms with Gasteiger partial charge in [-0.3, -0.25) is 4.79 Å². The molecule has 18 heavy (non-hydrogen) atoms. The monoisotopic (exact) mass is 244 g/mol. The minimum Gasteiger partial charge on any atom is -0.469 e. The van der Waals surface area contributed by atoms with Gasteiger partial charge in [-0.15, -0.1) is 0 Å². The molecule has 0 bridgehead atoms. The Morgan fingerprint density at radius 2 is 1.94 bits per heavy atom. The molecule has 1 aromatic rings. The molecule has 1 fully saturated rings. The minimum atomic E-state index is -0.0618. The third kappa shape index (κ3) is 2.16. The number of aryl methyl sites for hydroxylation is 2. The van der Waals surface area contributed by atoms with Gasteiger partial charge in [-0.05, 0) is 61.1 Å². The Balaban J connectivity index is 1.92. The number of carbonyl (C=O) groups is 1. The van der Waals surface area contributed by atoms with Crippen LogP contribution in [0.5, 0.6) is 0 Å². The van der Waals surface area contributed by atoms with Gasteiger partial charge in [-0.1, -0.05) is 18.2 Å². The van der Waals surface area contributed by atoms with E-state index in [-0.39, 0.29) is 11.9 Å². The zero-order chi connectivity index (χ0) is 12.5. The van der Waals surface area contributed by atoms with Crippen LogP contribution in [0.15, 0.2) is 18.2 Å². The second-order valence-electron chi connectivity index (χ2n) is 5.57. The van der Waals surface area contributed by atoms with Gasteiger partial charge >= 0.3 is 5.97 Å². The van der Waals surface area contributed by atoms with Crippen LogP contribution in [-0.2, 0) is 22.4 Å². The lowest BCUT2D eigenvalue weighted by atomic mass is 9.86. The number of hydrogen-bond donors (Lipinski definition) is 0. The van der Waals surface area contributed by atoms with Crippen molar-refractivity contribution in [2.75, 3.05) is 7.11 Å². The van der Waals surface area contributed by atoms with Gasteiger partial charge in [0.2, 0.25) is 0 Å². The smallest absolute Gasteiger partial charge is 0.313 e. The molecule has 2 aliphatic rings. The highest BCUT2D eigenvalue weighted by Gasteiger charge is 2.38. The first-order valence-corrected chi connectivity index (χ1v) is 6.99. The van der Waals surface area contributed by atoms with Crippen LogP contribution in [0.3, 0.4) is 0 Å². The molecule has 2 heteroatoms. The van der Waals surface area contributed by atoms with E-state index in [0.29, 0.717) is 5.92 Å². The molecule has 1 atom stereocenters. The van der Waals surface area contributed by atoms with Crippen LogP contribution in [0.4, 0.5) is 0 Å². The number of benzene rings is 1. The molecule has 0 aliphatic heterocycles. The van der Waals surface area contributed by atoms with Gasteiger partial charge in [-0.2, -0.15) is 0 Å². The standard InChI is InChI=1S/C16H20O2/c1-18-16(17)15(12-7-8-12)14-9-6-11-4-2-3-5-13(11)10-14/h6,9-10,12,15H,2-5,7-8H2,1H3. The summed E-state index contributed by atoms with van der Waals surface area (Å²) in [6, 6.07) is 6.63. The van der Waals surface area contributed by atoms with Crippen molar-refractivity contribution in [3.63, 3.8) is 0 Å². The van der Waals surface area contributed by atoms with Crippen molar-refractivity contribution in [3.8, 4) is 0 Å². The third-order valence-electron chi connectivity index (χ3n) is 4.28. The van der Waals surface area contributed by atoms with Gasteiger partial charge < -0.3 is 4.74 Å². The lowest BCUT2D eigenvalue weighted by Crippen LogP contribution is -2.17. The summed E-state index contributed by atoms with van der Waals surface area (Å²) in [5, 5.41) is 0. The van der Waals surface area contributed by atoms with E-state index >= 15 is 0 Å². The summed E-state index contributed by atoms with van der Waals surface area (Å²) in [5.74, 6) is 0.426. The van der Waals surface area contributed by atoms with E-state index in [2.05, 4.69) is 18.2 Å². The van der Waals surface area contributed by atoms with Crippen LogP contribution in [0.1, 0.15) is 48.3 Å². The first kappa shape index (κ1) is 11.8. The average molecular weight is 244 g/mol. The van der Waals surface area contributed by atoms with E-state index in [1.807, 2.05) is 0 Å². The average Bonchev–Trinajstić information content (AvgIpc) is 3.23. The van der Waals surface area contributed by atoms with Crippen molar-refractivity contribution in [2.45, 2.75) is 44.4 Å². The zero-order valence-electron chi connectivity index (χ0n) is 10.9.